The SMILES string of the molecule is CCN1CCC(N(C)CCCCN)CC1. The predicted octanol–water partition coefficient (Wildman–Crippen LogP) is 1.14. The van der Waals surface area contributed by atoms with Gasteiger partial charge in [0.2, 0.25) is 0 Å². The van der Waals surface area contributed by atoms with Crippen molar-refractivity contribution in [1.29, 1.82) is 0 Å². The van der Waals surface area contributed by atoms with Gasteiger partial charge in [0.05, 0.1) is 0 Å². The van der Waals surface area contributed by atoms with E-state index in [2.05, 4.69) is 23.8 Å². The van der Waals surface area contributed by atoms with Crippen LogP contribution in [0.5, 0.6) is 0 Å². The summed E-state index contributed by atoms with van der Waals surface area (Å²) in [5.74, 6) is 0. The molecule has 2 N–H and O–H groups in total. The second-order valence-corrected chi connectivity index (χ2v) is 4.64. The lowest BCUT2D eigenvalue weighted by Gasteiger charge is -2.36. The van der Waals surface area contributed by atoms with Crippen molar-refractivity contribution in [1.82, 2.24) is 9.80 Å². The van der Waals surface area contributed by atoms with Gasteiger partial charge in [-0.2, -0.15) is 0 Å². The largest absolute Gasteiger partial charge is 0.330 e. The minimum absolute atomic E-state index is 0.811. The monoisotopic (exact) mass is 213 g/mol. The second kappa shape index (κ2) is 7.20. The van der Waals surface area contributed by atoms with Crippen LogP contribution in [0.1, 0.15) is 32.6 Å². The van der Waals surface area contributed by atoms with Crippen molar-refractivity contribution in [3.63, 3.8) is 0 Å². The van der Waals surface area contributed by atoms with Crippen molar-refractivity contribution in [3.8, 4) is 0 Å². The van der Waals surface area contributed by atoms with Gasteiger partial charge in [0.15, 0.2) is 0 Å². The topological polar surface area (TPSA) is 32.5 Å². The van der Waals surface area contributed by atoms with E-state index in [1.165, 1.54) is 45.4 Å². The fourth-order valence-electron chi connectivity index (χ4n) is 2.36. The Bertz CT molecular complexity index is 153. The fraction of sp³-hybridized carbons (Fsp3) is 1.00. The summed E-state index contributed by atoms with van der Waals surface area (Å²) in [6.07, 6.45) is 5.10. The Hall–Kier alpha value is -0.120. The lowest BCUT2D eigenvalue weighted by Crippen LogP contribution is -2.43. The molecule has 0 spiro atoms. The van der Waals surface area contributed by atoms with E-state index in [9.17, 15) is 0 Å². The third-order valence-corrected chi connectivity index (χ3v) is 3.59. The lowest BCUT2D eigenvalue weighted by molar-refractivity contribution is 0.130. The van der Waals surface area contributed by atoms with Gasteiger partial charge in [-0.25, -0.2) is 0 Å². The van der Waals surface area contributed by atoms with Crippen LogP contribution in [0.4, 0.5) is 0 Å². The number of nitrogens with two attached hydrogens (primary N) is 1. The molecule has 0 aliphatic carbocycles. The standard InChI is InChI=1S/C12H27N3/c1-3-15-10-6-12(7-11-15)14(2)9-5-4-8-13/h12H,3-11,13H2,1-2H3. The van der Waals surface area contributed by atoms with E-state index in [4.69, 9.17) is 5.73 Å². The molecule has 0 aromatic heterocycles. The maximum atomic E-state index is 5.50. The molecule has 0 unspecified atom stereocenters. The highest BCUT2D eigenvalue weighted by Gasteiger charge is 2.20. The molecule has 90 valence electrons. The van der Waals surface area contributed by atoms with Gasteiger partial charge in [-0.15, -0.1) is 0 Å². The van der Waals surface area contributed by atoms with E-state index in [1.54, 1.807) is 0 Å². The molecule has 0 amide bonds. The highest BCUT2D eigenvalue weighted by molar-refractivity contribution is 4.77. The first kappa shape index (κ1) is 12.9. The van der Waals surface area contributed by atoms with E-state index < -0.39 is 0 Å². The van der Waals surface area contributed by atoms with Crippen LogP contribution in [-0.4, -0.2) is 55.6 Å². The summed E-state index contributed by atoms with van der Waals surface area (Å²) in [5.41, 5.74) is 5.50. The molecule has 0 aromatic rings. The number of nitrogens with zero attached hydrogens (tertiary/aromatic N) is 2. The van der Waals surface area contributed by atoms with Crippen LogP contribution in [0.2, 0.25) is 0 Å². The van der Waals surface area contributed by atoms with Crippen LogP contribution in [0.3, 0.4) is 0 Å². The van der Waals surface area contributed by atoms with Crippen LogP contribution in [0.25, 0.3) is 0 Å². The predicted molar refractivity (Wildman–Crippen MR) is 66.1 cm³/mol. The number of rotatable bonds is 6. The molecular formula is C12H27N3. The molecular weight excluding hydrogens is 186 g/mol. The average molecular weight is 213 g/mol. The summed E-state index contributed by atoms with van der Waals surface area (Å²) in [5, 5.41) is 0. The average Bonchev–Trinajstić information content (AvgIpc) is 2.29. The first-order chi connectivity index (χ1) is 7.27. The highest BCUT2D eigenvalue weighted by Crippen LogP contribution is 2.15. The number of unbranched alkanes of at least 4 members (excludes halogenated alkanes) is 1. The van der Waals surface area contributed by atoms with Gasteiger partial charge in [0, 0.05) is 6.04 Å². The summed E-state index contributed by atoms with van der Waals surface area (Å²) in [7, 11) is 2.27. The van der Waals surface area contributed by atoms with Gasteiger partial charge < -0.3 is 15.5 Å². The molecule has 0 saturated carbocycles. The van der Waals surface area contributed by atoms with E-state index in [1.807, 2.05) is 0 Å². The first-order valence-electron chi connectivity index (χ1n) is 6.40. The molecule has 0 bridgehead atoms. The summed E-state index contributed by atoms with van der Waals surface area (Å²) in [4.78, 5) is 5.08. The summed E-state index contributed by atoms with van der Waals surface area (Å²) in [6.45, 7) is 8.08. The molecule has 1 rings (SSSR count). The van der Waals surface area contributed by atoms with Crippen molar-refractivity contribution in [2.75, 3.05) is 39.8 Å². The lowest BCUT2D eigenvalue weighted by atomic mass is 10.0. The Morgan fingerprint density at radius 3 is 2.47 bits per heavy atom. The van der Waals surface area contributed by atoms with Crippen LogP contribution in [-0.2, 0) is 0 Å². The maximum absolute atomic E-state index is 5.50. The van der Waals surface area contributed by atoms with Gasteiger partial charge in [0.1, 0.15) is 0 Å². The van der Waals surface area contributed by atoms with E-state index in [0.717, 1.165) is 19.0 Å². The van der Waals surface area contributed by atoms with Crippen molar-refractivity contribution < 1.29 is 0 Å². The van der Waals surface area contributed by atoms with Crippen molar-refractivity contribution >= 4 is 0 Å². The molecule has 15 heavy (non-hydrogen) atoms. The zero-order chi connectivity index (χ0) is 11.1. The Labute approximate surface area is 94.6 Å². The molecule has 1 saturated heterocycles. The number of hydrogen-bond acceptors (Lipinski definition) is 3. The Balaban J connectivity index is 2.15. The van der Waals surface area contributed by atoms with Gasteiger partial charge in [-0.1, -0.05) is 6.92 Å². The molecule has 3 nitrogen and oxygen atoms in total. The molecule has 0 aromatic carbocycles. The quantitative estimate of drug-likeness (QED) is 0.672. The summed E-state index contributed by atoms with van der Waals surface area (Å²) < 4.78 is 0. The van der Waals surface area contributed by atoms with Crippen LogP contribution < -0.4 is 5.73 Å². The molecule has 1 heterocycles. The van der Waals surface area contributed by atoms with Gasteiger partial charge in [-0.3, -0.25) is 0 Å². The van der Waals surface area contributed by atoms with Crippen molar-refractivity contribution in [2.24, 2.45) is 5.73 Å². The Kier molecular flexibility index (Phi) is 6.22. The molecule has 1 aliphatic heterocycles. The van der Waals surface area contributed by atoms with E-state index in [-0.39, 0.29) is 0 Å². The molecule has 1 aliphatic rings. The molecule has 0 atom stereocenters. The van der Waals surface area contributed by atoms with Gasteiger partial charge >= 0.3 is 0 Å². The molecule has 1 fully saturated rings. The van der Waals surface area contributed by atoms with Crippen LogP contribution in [0, 0.1) is 0 Å². The molecule has 0 radical (unpaired) electrons. The number of hydrogen-bond donors (Lipinski definition) is 1. The van der Waals surface area contributed by atoms with Gasteiger partial charge in [0.25, 0.3) is 0 Å². The minimum atomic E-state index is 0.811. The third-order valence-electron chi connectivity index (χ3n) is 3.59. The Morgan fingerprint density at radius 1 is 1.27 bits per heavy atom. The zero-order valence-electron chi connectivity index (χ0n) is 10.4. The number of likely N-dealkylation sites (tertiary alicyclic amines) is 1. The Morgan fingerprint density at radius 2 is 1.93 bits per heavy atom. The summed E-state index contributed by atoms with van der Waals surface area (Å²) >= 11 is 0. The number of piperidine rings is 1. The third kappa shape index (κ3) is 4.49. The van der Waals surface area contributed by atoms with Crippen molar-refractivity contribution in [2.45, 2.75) is 38.6 Å². The van der Waals surface area contributed by atoms with Crippen molar-refractivity contribution in [3.05, 3.63) is 0 Å². The minimum Gasteiger partial charge on any atom is -0.330 e. The smallest absolute Gasteiger partial charge is 0.0117 e. The second-order valence-electron chi connectivity index (χ2n) is 4.64. The zero-order valence-corrected chi connectivity index (χ0v) is 10.4. The molecule has 3 heteroatoms. The van der Waals surface area contributed by atoms with Gasteiger partial charge in [-0.05, 0) is 65.5 Å². The van der Waals surface area contributed by atoms with E-state index >= 15 is 0 Å². The first-order valence-corrected chi connectivity index (χ1v) is 6.40. The summed E-state index contributed by atoms with van der Waals surface area (Å²) in [6, 6.07) is 0.811. The van der Waals surface area contributed by atoms with Crippen LogP contribution in [0.15, 0.2) is 0 Å². The fourth-order valence-corrected chi connectivity index (χ4v) is 2.36. The highest BCUT2D eigenvalue weighted by atomic mass is 15.2. The maximum Gasteiger partial charge on any atom is 0.0117 e. The van der Waals surface area contributed by atoms with Crippen LogP contribution >= 0.6 is 0 Å². The normalized spacial score (nSPS) is 20.0. The van der Waals surface area contributed by atoms with E-state index in [0.29, 0.717) is 0 Å².